The highest BCUT2D eigenvalue weighted by atomic mass is 16.7. The lowest BCUT2D eigenvalue weighted by Crippen LogP contribution is -2.40. The Labute approximate surface area is 201 Å². The lowest BCUT2D eigenvalue weighted by atomic mass is 10.1. The summed E-state index contributed by atoms with van der Waals surface area (Å²) < 4.78 is 29.4. The van der Waals surface area contributed by atoms with Crippen LogP contribution in [0.25, 0.3) is 11.2 Å². The van der Waals surface area contributed by atoms with Gasteiger partial charge in [-0.3, -0.25) is 19.0 Å². The van der Waals surface area contributed by atoms with E-state index in [9.17, 15) is 14.4 Å². The normalized spacial score (nSPS) is 26.1. The molecule has 2 aliphatic rings. The van der Waals surface area contributed by atoms with E-state index in [0.717, 1.165) is 6.42 Å². The highest BCUT2D eigenvalue weighted by Crippen LogP contribution is 2.36. The Balaban J connectivity index is 1.66. The SMILES string of the molecule is CC(=O)O[C@@H]1[C@@H](COC(=O)C(C)C)OC(n2cnc3c(N[C@@H]4CCOC4)ncnc32)[C@@H]1OC(C)=O. The molecule has 13 heteroatoms. The van der Waals surface area contributed by atoms with Gasteiger partial charge in [0.25, 0.3) is 0 Å². The average molecular weight is 492 g/mol. The van der Waals surface area contributed by atoms with Crippen LogP contribution in [0.2, 0.25) is 0 Å². The summed E-state index contributed by atoms with van der Waals surface area (Å²) in [5.74, 6) is -1.45. The first kappa shape index (κ1) is 24.8. The third kappa shape index (κ3) is 5.51. The van der Waals surface area contributed by atoms with Gasteiger partial charge in [-0.1, -0.05) is 13.8 Å². The van der Waals surface area contributed by atoms with Crippen LogP contribution in [0.5, 0.6) is 0 Å². The molecule has 0 amide bonds. The summed E-state index contributed by atoms with van der Waals surface area (Å²) in [5, 5.41) is 3.31. The number of carbonyl (C=O) groups is 3. The predicted octanol–water partition coefficient (Wildman–Crippen LogP) is 0.987. The Morgan fingerprint density at radius 3 is 2.54 bits per heavy atom. The molecule has 1 N–H and O–H groups in total. The van der Waals surface area contributed by atoms with E-state index >= 15 is 0 Å². The summed E-state index contributed by atoms with van der Waals surface area (Å²) in [6, 6.07) is 0.100. The number of hydrogen-bond donors (Lipinski definition) is 1. The fraction of sp³-hybridized carbons (Fsp3) is 0.636. The van der Waals surface area contributed by atoms with E-state index in [0.29, 0.717) is 30.2 Å². The number of nitrogens with one attached hydrogen (secondary N) is 1. The Morgan fingerprint density at radius 1 is 1.14 bits per heavy atom. The molecule has 190 valence electrons. The molecular formula is C22H29N5O8. The Hall–Kier alpha value is -3.32. The van der Waals surface area contributed by atoms with Crippen molar-refractivity contribution in [2.45, 2.75) is 64.7 Å². The minimum absolute atomic E-state index is 0.100. The van der Waals surface area contributed by atoms with Crippen molar-refractivity contribution in [3.05, 3.63) is 12.7 Å². The molecule has 4 rings (SSSR count). The second-order valence-corrected chi connectivity index (χ2v) is 8.75. The summed E-state index contributed by atoms with van der Waals surface area (Å²) >= 11 is 0. The molecule has 2 fully saturated rings. The molecule has 0 radical (unpaired) electrons. The van der Waals surface area contributed by atoms with Gasteiger partial charge in [0.2, 0.25) is 0 Å². The summed E-state index contributed by atoms with van der Waals surface area (Å²) in [4.78, 5) is 48.9. The van der Waals surface area contributed by atoms with Gasteiger partial charge in [-0.25, -0.2) is 15.0 Å². The quantitative estimate of drug-likeness (QED) is 0.414. The van der Waals surface area contributed by atoms with E-state index in [1.54, 1.807) is 18.4 Å². The van der Waals surface area contributed by atoms with Crippen molar-refractivity contribution in [3.63, 3.8) is 0 Å². The van der Waals surface area contributed by atoms with Crippen LogP contribution in [-0.4, -0.2) is 81.6 Å². The van der Waals surface area contributed by atoms with Crippen LogP contribution in [0.4, 0.5) is 5.82 Å². The molecule has 35 heavy (non-hydrogen) atoms. The molecule has 0 saturated carbocycles. The summed E-state index contributed by atoms with van der Waals surface area (Å²) in [6.07, 6.45) is -0.172. The second-order valence-electron chi connectivity index (χ2n) is 8.75. The number of imidazole rings is 1. The first-order valence-corrected chi connectivity index (χ1v) is 11.4. The number of nitrogens with zero attached hydrogens (tertiary/aromatic N) is 4. The lowest BCUT2D eigenvalue weighted by molar-refractivity contribution is -0.166. The van der Waals surface area contributed by atoms with Gasteiger partial charge < -0.3 is 29.0 Å². The summed E-state index contributed by atoms with van der Waals surface area (Å²) in [7, 11) is 0. The number of hydrogen-bond acceptors (Lipinski definition) is 12. The van der Waals surface area contributed by atoms with Crippen molar-refractivity contribution < 1.29 is 38.1 Å². The average Bonchev–Trinajstić information content (AvgIpc) is 3.52. The number of fused-ring (bicyclic) bond motifs is 1. The van der Waals surface area contributed by atoms with Gasteiger partial charge in [-0.05, 0) is 6.42 Å². The van der Waals surface area contributed by atoms with Crippen molar-refractivity contribution in [1.29, 1.82) is 0 Å². The third-order valence-electron chi connectivity index (χ3n) is 5.65. The minimum atomic E-state index is -1.04. The van der Waals surface area contributed by atoms with Gasteiger partial charge in [0.15, 0.2) is 35.4 Å². The minimum Gasteiger partial charge on any atom is -0.463 e. The molecule has 13 nitrogen and oxygen atoms in total. The molecule has 0 aliphatic carbocycles. The predicted molar refractivity (Wildman–Crippen MR) is 119 cm³/mol. The van der Waals surface area contributed by atoms with Crippen LogP contribution in [0.15, 0.2) is 12.7 Å². The maximum Gasteiger partial charge on any atom is 0.308 e. The molecule has 5 atom stereocenters. The van der Waals surface area contributed by atoms with Crippen LogP contribution in [0.3, 0.4) is 0 Å². The van der Waals surface area contributed by atoms with Crippen molar-refractivity contribution in [3.8, 4) is 0 Å². The van der Waals surface area contributed by atoms with Gasteiger partial charge >= 0.3 is 17.9 Å². The molecular weight excluding hydrogens is 462 g/mol. The summed E-state index contributed by atoms with van der Waals surface area (Å²) in [5.41, 5.74) is 0.910. The van der Waals surface area contributed by atoms with Crippen molar-refractivity contribution >= 4 is 34.9 Å². The van der Waals surface area contributed by atoms with Crippen molar-refractivity contribution in [2.24, 2.45) is 5.92 Å². The van der Waals surface area contributed by atoms with Gasteiger partial charge in [0, 0.05) is 20.5 Å². The van der Waals surface area contributed by atoms with E-state index in [4.69, 9.17) is 23.7 Å². The summed E-state index contributed by atoms with van der Waals surface area (Å²) in [6.45, 7) is 6.92. The number of anilines is 1. The topological polar surface area (TPSA) is 153 Å². The number of aromatic nitrogens is 4. The molecule has 0 spiro atoms. The zero-order valence-electron chi connectivity index (χ0n) is 20.0. The van der Waals surface area contributed by atoms with E-state index in [-0.39, 0.29) is 18.6 Å². The van der Waals surface area contributed by atoms with Crippen molar-refractivity contribution in [1.82, 2.24) is 19.5 Å². The number of rotatable bonds is 8. The second kappa shape index (κ2) is 10.5. The van der Waals surface area contributed by atoms with Crippen molar-refractivity contribution in [2.75, 3.05) is 25.1 Å². The zero-order chi connectivity index (χ0) is 25.1. The zero-order valence-corrected chi connectivity index (χ0v) is 20.0. The van der Waals surface area contributed by atoms with E-state index in [1.165, 1.54) is 26.5 Å². The monoisotopic (exact) mass is 491 g/mol. The highest BCUT2D eigenvalue weighted by molar-refractivity contribution is 5.83. The van der Waals surface area contributed by atoms with Crippen LogP contribution in [0.1, 0.15) is 40.3 Å². The molecule has 0 aromatic carbocycles. The molecule has 2 aromatic rings. The molecule has 4 heterocycles. The van der Waals surface area contributed by atoms with E-state index < -0.39 is 42.4 Å². The van der Waals surface area contributed by atoms with E-state index in [1.807, 2.05) is 0 Å². The highest BCUT2D eigenvalue weighted by Gasteiger charge is 2.51. The lowest BCUT2D eigenvalue weighted by Gasteiger charge is -2.23. The molecule has 2 aliphatic heterocycles. The first-order valence-electron chi connectivity index (χ1n) is 11.4. The molecule has 1 unspecified atom stereocenters. The Morgan fingerprint density at radius 2 is 1.89 bits per heavy atom. The van der Waals surface area contributed by atoms with Gasteiger partial charge in [-0.2, -0.15) is 0 Å². The molecule has 2 aromatic heterocycles. The molecule has 2 saturated heterocycles. The smallest absolute Gasteiger partial charge is 0.308 e. The maximum atomic E-state index is 12.0. The van der Waals surface area contributed by atoms with E-state index in [2.05, 4.69) is 20.3 Å². The van der Waals surface area contributed by atoms with Crippen LogP contribution >= 0.6 is 0 Å². The third-order valence-corrected chi connectivity index (χ3v) is 5.65. The first-order chi connectivity index (χ1) is 16.7. The Kier molecular flexibility index (Phi) is 7.45. The van der Waals surface area contributed by atoms with Crippen LogP contribution in [-0.2, 0) is 38.1 Å². The number of esters is 3. The largest absolute Gasteiger partial charge is 0.463 e. The standard InChI is InChI=1S/C22H29N5O8/c1-11(2)22(30)32-8-15-17(33-12(3)28)18(34-13(4)29)21(35-15)27-10-25-16-19(23-9-24-20(16)27)26-14-5-6-31-7-14/h9-11,14-15,17-18,21H,5-8H2,1-4H3,(H,23,24,26)/t14-,15-,17-,18-,21?/m1/s1. The number of carbonyl (C=O) groups excluding carboxylic acids is 3. The molecule has 0 bridgehead atoms. The van der Waals surface area contributed by atoms with Crippen LogP contribution in [0, 0.1) is 5.92 Å². The Bertz CT molecular complexity index is 1080. The van der Waals surface area contributed by atoms with Gasteiger partial charge in [0.05, 0.1) is 24.9 Å². The number of ether oxygens (including phenoxy) is 5. The maximum absolute atomic E-state index is 12.0. The van der Waals surface area contributed by atoms with Crippen LogP contribution < -0.4 is 5.32 Å². The van der Waals surface area contributed by atoms with Gasteiger partial charge in [-0.15, -0.1) is 0 Å². The van der Waals surface area contributed by atoms with Gasteiger partial charge in [0.1, 0.15) is 19.0 Å². The fourth-order valence-corrected chi connectivity index (χ4v) is 4.03. The fourth-order valence-electron chi connectivity index (χ4n) is 4.03.